The fourth-order valence-electron chi connectivity index (χ4n) is 1.88. The lowest BCUT2D eigenvalue weighted by atomic mass is 10.2. The van der Waals surface area contributed by atoms with E-state index >= 15 is 0 Å². The van der Waals surface area contributed by atoms with Crippen LogP contribution in [0.3, 0.4) is 0 Å². The average molecular weight is 252 g/mol. The van der Waals surface area contributed by atoms with Gasteiger partial charge in [0.15, 0.2) is 5.65 Å². The molecule has 0 amide bonds. The molecule has 7 heteroatoms. The van der Waals surface area contributed by atoms with Gasteiger partial charge in [0.05, 0.1) is 22.3 Å². The molecule has 0 atom stereocenters. The van der Waals surface area contributed by atoms with Crippen LogP contribution in [0.4, 0.5) is 13.2 Å². The molecule has 0 aliphatic carbocycles. The zero-order chi connectivity index (χ0) is 12.9. The Morgan fingerprint density at radius 1 is 1.22 bits per heavy atom. The van der Waals surface area contributed by atoms with E-state index in [1.807, 2.05) is 0 Å². The highest BCUT2D eigenvalue weighted by Crippen LogP contribution is 2.31. The Bertz CT molecular complexity index is 745. The lowest BCUT2D eigenvalue weighted by Gasteiger charge is -2.08. The second kappa shape index (κ2) is 3.41. The number of fused-ring (bicyclic) bond motifs is 3. The molecular weight excluding hydrogens is 245 g/mol. The molecule has 2 aromatic heterocycles. The molecule has 0 saturated carbocycles. The molecule has 0 radical (unpaired) electrons. The predicted octanol–water partition coefficient (Wildman–Crippen LogP) is 2.60. The Hall–Kier alpha value is -2.18. The molecule has 1 aromatic carbocycles. The quantitative estimate of drug-likeness (QED) is 0.617. The maximum absolute atomic E-state index is 12.6. The maximum atomic E-state index is 12.6. The number of rotatable bonds is 0. The van der Waals surface area contributed by atoms with Gasteiger partial charge in [0.2, 0.25) is 0 Å². The van der Waals surface area contributed by atoms with E-state index in [1.54, 1.807) is 11.3 Å². The van der Waals surface area contributed by atoms with Crippen molar-refractivity contribution in [3.8, 4) is 0 Å². The molecule has 0 spiro atoms. The molecule has 0 aliphatic heterocycles. The zero-order valence-corrected chi connectivity index (χ0v) is 9.23. The molecule has 92 valence electrons. The van der Waals surface area contributed by atoms with Crippen molar-refractivity contribution in [2.24, 2.45) is 0 Å². The molecule has 4 nitrogen and oxygen atoms in total. The Labute approximate surface area is 99.1 Å². The van der Waals surface area contributed by atoms with E-state index in [0.29, 0.717) is 16.9 Å². The first-order valence-corrected chi connectivity index (χ1v) is 5.14. The standard InChI is InChI=1S/C11H7F3N4/c1-6-10-17-15-5-18(10)9-3-2-7(11(12,13)14)4-8(9)16-6/h2-5H,1H3. The summed E-state index contributed by atoms with van der Waals surface area (Å²) in [6.07, 6.45) is -2.91. The third kappa shape index (κ3) is 1.51. The van der Waals surface area contributed by atoms with E-state index in [1.165, 1.54) is 12.4 Å². The molecule has 18 heavy (non-hydrogen) atoms. The smallest absolute Gasteiger partial charge is 0.278 e. The largest absolute Gasteiger partial charge is 0.416 e. The molecule has 3 rings (SSSR count). The summed E-state index contributed by atoms with van der Waals surface area (Å²) < 4.78 is 39.5. The van der Waals surface area contributed by atoms with Gasteiger partial charge in [-0.05, 0) is 25.1 Å². The van der Waals surface area contributed by atoms with Crippen molar-refractivity contribution in [1.29, 1.82) is 0 Å². The highest BCUT2D eigenvalue weighted by Gasteiger charge is 2.30. The van der Waals surface area contributed by atoms with Crippen molar-refractivity contribution in [2.45, 2.75) is 13.1 Å². The summed E-state index contributed by atoms with van der Waals surface area (Å²) in [5.74, 6) is 0. The predicted molar refractivity (Wildman–Crippen MR) is 58.0 cm³/mol. The number of hydrogen-bond donors (Lipinski definition) is 0. The van der Waals surface area contributed by atoms with Gasteiger partial charge in [-0.3, -0.25) is 4.40 Å². The first-order chi connectivity index (χ1) is 8.47. The number of nitrogens with zero attached hydrogens (tertiary/aromatic N) is 4. The summed E-state index contributed by atoms with van der Waals surface area (Å²) in [6, 6.07) is 3.43. The lowest BCUT2D eigenvalue weighted by Crippen LogP contribution is -2.05. The summed E-state index contributed by atoms with van der Waals surface area (Å²) in [5.41, 5.74) is 1.19. The van der Waals surface area contributed by atoms with Gasteiger partial charge in [0, 0.05) is 0 Å². The van der Waals surface area contributed by atoms with Crippen molar-refractivity contribution in [3.05, 3.63) is 35.8 Å². The highest BCUT2D eigenvalue weighted by atomic mass is 19.4. The SMILES string of the molecule is Cc1nc2cc(C(F)(F)F)ccc2n2cnnc12. The Kier molecular flexibility index (Phi) is 2.07. The molecule has 0 unspecified atom stereocenters. The van der Waals surface area contributed by atoms with Crippen LogP contribution in [0.5, 0.6) is 0 Å². The minimum atomic E-state index is -4.37. The first kappa shape index (κ1) is 10.9. The summed E-state index contributed by atoms with van der Waals surface area (Å²) in [6.45, 7) is 1.68. The van der Waals surface area contributed by atoms with Gasteiger partial charge >= 0.3 is 6.18 Å². The topological polar surface area (TPSA) is 43.1 Å². The first-order valence-electron chi connectivity index (χ1n) is 5.14. The van der Waals surface area contributed by atoms with E-state index in [4.69, 9.17) is 0 Å². The summed E-state index contributed by atoms with van der Waals surface area (Å²) in [4.78, 5) is 4.13. The second-order valence-corrected chi connectivity index (χ2v) is 3.92. The number of alkyl halides is 3. The van der Waals surface area contributed by atoms with Crippen molar-refractivity contribution >= 4 is 16.7 Å². The molecule has 0 bridgehead atoms. The number of hydrogen-bond acceptors (Lipinski definition) is 3. The van der Waals surface area contributed by atoms with E-state index in [-0.39, 0.29) is 5.52 Å². The molecular formula is C11H7F3N4. The van der Waals surface area contributed by atoms with Gasteiger partial charge in [0.25, 0.3) is 0 Å². The van der Waals surface area contributed by atoms with Crippen LogP contribution in [0.15, 0.2) is 24.5 Å². The van der Waals surface area contributed by atoms with Gasteiger partial charge < -0.3 is 0 Å². The third-order valence-electron chi connectivity index (χ3n) is 2.72. The highest BCUT2D eigenvalue weighted by molar-refractivity contribution is 5.79. The molecule has 0 N–H and O–H groups in total. The molecule has 2 heterocycles. The van der Waals surface area contributed by atoms with Crippen LogP contribution in [0.25, 0.3) is 16.7 Å². The van der Waals surface area contributed by atoms with Crippen LogP contribution in [0.1, 0.15) is 11.3 Å². The van der Waals surface area contributed by atoms with E-state index < -0.39 is 11.7 Å². The Balaban J connectivity index is 2.39. The van der Waals surface area contributed by atoms with Crippen molar-refractivity contribution in [1.82, 2.24) is 19.6 Å². The van der Waals surface area contributed by atoms with Gasteiger partial charge in [-0.1, -0.05) is 0 Å². The van der Waals surface area contributed by atoms with Gasteiger partial charge in [-0.2, -0.15) is 13.2 Å². The minimum absolute atomic E-state index is 0.273. The van der Waals surface area contributed by atoms with Crippen LogP contribution in [-0.2, 0) is 6.18 Å². The van der Waals surface area contributed by atoms with Gasteiger partial charge in [-0.25, -0.2) is 4.98 Å². The molecule has 0 fully saturated rings. The second-order valence-electron chi connectivity index (χ2n) is 3.92. The molecule has 0 saturated heterocycles. The number of aryl methyl sites for hydroxylation is 1. The van der Waals surface area contributed by atoms with Crippen LogP contribution < -0.4 is 0 Å². The molecule has 3 aromatic rings. The maximum Gasteiger partial charge on any atom is 0.416 e. The van der Waals surface area contributed by atoms with Crippen molar-refractivity contribution in [3.63, 3.8) is 0 Å². The van der Waals surface area contributed by atoms with Gasteiger partial charge in [0.1, 0.15) is 6.33 Å². The zero-order valence-electron chi connectivity index (χ0n) is 9.23. The summed E-state index contributed by atoms with van der Waals surface area (Å²) in [5, 5.41) is 7.60. The van der Waals surface area contributed by atoms with Crippen LogP contribution in [0.2, 0.25) is 0 Å². The number of halogens is 3. The van der Waals surface area contributed by atoms with Crippen LogP contribution >= 0.6 is 0 Å². The number of aromatic nitrogens is 4. The average Bonchev–Trinajstić information content (AvgIpc) is 2.77. The molecule has 0 aliphatic rings. The summed E-state index contributed by atoms with van der Waals surface area (Å²) >= 11 is 0. The fourth-order valence-corrected chi connectivity index (χ4v) is 1.88. The fraction of sp³-hybridized carbons (Fsp3) is 0.182. The third-order valence-corrected chi connectivity index (χ3v) is 2.72. The van der Waals surface area contributed by atoms with Gasteiger partial charge in [-0.15, -0.1) is 10.2 Å². The van der Waals surface area contributed by atoms with Crippen LogP contribution in [-0.4, -0.2) is 19.6 Å². The van der Waals surface area contributed by atoms with E-state index in [2.05, 4.69) is 15.2 Å². The Morgan fingerprint density at radius 3 is 2.72 bits per heavy atom. The minimum Gasteiger partial charge on any atom is -0.278 e. The van der Waals surface area contributed by atoms with E-state index in [0.717, 1.165) is 12.1 Å². The summed E-state index contributed by atoms with van der Waals surface area (Å²) in [7, 11) is 0. The Morgan fingerprint density at radius 2 is 2.00 bits per heavy atom. The van der Waals surface area contributed by atoms with Crippen LogP contribution in [0, 0.1) is 6.92 Å². The monoisotopic (exact) mass is 252 g/mol. The lowest BCUT2D eigenvalue weighted by molar-refractivity contribution is -0.137. The normalized spacial score (nSPS) is 12.4. The van der Waals surface area contributed by atoms with E-state index in [9.17, 15) is 13.2 Å². The number of benzene rings is 1. The van der Waals surface area contributed by atoms with Crippen molar-refractivity contribution in [2.75, 3.05) is 0 Å². The van der Waals surface area contributed by atoms with Crippen molar-refractivity contribution < 1.29 is 13.2 Å².